The van der Waals surface area contributed by atoms with E-state index in [4.69, 9.17) is 4.74 Å². The van der Waals surface area contributed by atoms with E-state index in [-0.39, 0.29) is 0 Å². The van der Waals surface area contributed by atoms with Crippen molar-refractivity contribution in [2.45, 2.75) is 25.3 Å². The van der Waals surface area contributed by atoms with Crippen molar-refractivity contribution in [2.24, 2.45) is 5.92 Å². The van der Waals surface area contributed by atoms with E-state index >= 15 is 0 Å². The molecule has 2 aromatic carbocycles. The lowest BCUT2D eigenvalue weighted by Gasteiger charge is -2.43. The molecule has 2 fully saturated rings. The van der Waals surface area contributed by atoms with Gasteiger partial charge in [0.15, 0.2) is 0 Å². The van der Waals surface area contributed by atoms with Crippen LogP contribution in [0.5, 0.6) is 11.5 Å². The van der Waals surface area contributed by atoms with E-state index < -0.39 is 0 Å². The third kappa shape index (κ3) is 3.47. The summed E-state index contributed by atoms with van der Waals surface area (Å²) in [5, 5.41) is 3.47. The molecular weight excluding hydrogens is 296 g/mol. The number of nitrogens with zero attached hydrogens (tertiary/aromatic N) is 1. The molecule has 2 aromatic rings. The highest BCUT2D eigenvalue weighted by Gasteiger charge is 2.33. The maximum absolute atomic E-state index is 5.94. The second-order valence-corrected chi connectivity index (χ2v) is 6.91. The fraction of sp³-hybridized carbons (Fsp3) is 0.429. The largest absolute Gasteiger partial charge is 0.457 e. The van der Waals surface area contributed by atoms with Crippen LogP contribution in [0.2, 0.25) is 0 Å². The summed E-state index contributed by atoms with van der Waals surface area (Å²) in [5.41, 5.74) is 1.45. The van der Waals surface area contributed by atoms with Crippen molar-refractivity contribution in [2.75, 3.05) is 26.2 Å². The van der Waals surface area contributed by atoms with Gasteiger partial charge in [0.05, 0.1) is 0 Å². The van der Waals surface area contributed by atoms with E-state index in [9.17, 15) is 0 Å². The quantitative estimate of drug-likeness (QED) is 0.892. The van der Waals surface area contributed by atoms with Crippen molar-refractivity contribution in [3.63, 3.8) is 0 Å². The minimum atomic E-state index is 0.576. The van der Waals surface area contributed by atoms with Gasteiger partial charge in [-0.15, -0.1) is 0 Å². The smallest absolute Gasteiger partial charge is 0.127 e. The summed E-state index contributed by atoms with van der Waals surface area (Å²) in [6.45, 7) is 4.53. The Morgan fingerprint density at radius 2 is 1.54 bits per heavy atom. The van der Waals surface area contributed by atoms with Crippen molar-refractivity contribution >= 4 is 0 Å². The minimum absolute atomic E-state index is 0.576. The van der Waals surface area contributed by atoms with Gasteiger partial charge in [0.1, 0.15) is 11.5 Å². The van der Waals surface area contributed by atoms with Crippen LogP contribution in [0.3, 0.4) is 0 Å². The van der Waals surface area contributed by atoms with Gasteiger partial charge in [-0.3, -0.25) is 4.90 Å². The fourth-order valence-electron chi connectivity index (χ4n) is 3.85. The molecule has 1 atom stereocenters. The van der Waals surface area contributed by atoms with Gasteiger partial charge in [-0.05, 0) is 48.6 Å². The lowest BCUT2D eigenvalue weighted by atomic mass is 9.76. The lowest BCUT2D eigenvalue weighted by molar-refractivity contribution is 0.0837. The highest BCUT2D eigenvalue weighted by atomic mass is 16.5. The van der Waals surface area contributed by atoms with Gasteiger partial charge in [-0.25, -0.2) is 0 Å². The van der Waals surface area contributed by atoms with Crippen LogP contribution in [0.4, 0.5) is 0 Å². The number of ether oxygens (including phenoxy) is 1. The first kappa shape index (κ1) is 15.7. The van der Waals surface area contributed by atoms with Crippen LogP contribution in [0.1, 0.15) is 30.9 Å². The Balaban J connectivity index is 1.50. The molecule has 24 heavy (non-hydrogen) atoms. The predicted octanol–water partition coefficient (Wildman–Crippen LogP) is 4.23. The summed E-state index contributed by atoms with van der Waals surface area (Å²) >= 11 is 0. The predicted molar refractivity (Wildman–Crippen MR) is 97.5 cm³/mol. The van der Waals surface area contributed by atoms with E-state index in [2.05, 4.69) is 34.5 Å². The first-order valence-corrected chi connectivity index (χ1v) is 9.18. The van der Waals surface area contributed by atoms with Crippen LogP contribution in [-0.4, -0.2) is 31.1 Å². The molecule has 0 radical (unpaired) electrons. The number of hydrogen-bond acceptors (Lipinski definition) is 3. The molecule has 0 amide bonds. The first-order chi connectivity index (χ1) is 11.9. The summed E-state index contributed by atoms with van der Waals surface area (Å²) in [6, 6.07) is 19.3. The molecule has 1 heterocycles. The Morgan fingerprint density at radius 1 is 0.875 bits per heavy atom. The Morgan fingerprint density at radius 3 is 2.17 bits per heavy atom. The van der Waals surface area contributed by atoms with Gasteiger partial charge >= 0.3 is 0 Å². The van der Waals surface area contributed by atoms with Gasteiger partial charge in [0, 0.05) is 32.2 Å². The third-order valence-corrected chi connectivity index (χ3v) is 5.34. The van der Waals surface area contributed by atoms with E-state index in [1.54, 1.807) is 0 Å². The molecule has 0 aromatic heterocycles. The fourth-order valence-corrected chi connectivity index (χ4v) is 3.85. The van der Waals surface area contributed by atoms with Crippen LogP contribution >= 0.6 is 0 Å². The molecular formula is C21H26N2O. The SMILES string of the molecule is c1ccc(Oc2ccc([C@@H](C3CCC3)N3CCNCC3)cc2)cc1. The Hall–Kier alpha value is -1.84. The number of piperazine rings is 1. The number of benzene rings is 2. The number of rotatable bonds is 5. The summed E-state index contributed by atoms with van der Waals surface area (Å²) in [6.07, 6.45) is 4.14. The zero-order chi connectivity index (χ0) is 16.2. The van der Waals surface area contributed by atoms with Gasteiger partial charge in [0.2, 0.25) is 0 Å². The lowest BCUT2D eigenvalue weighted by Crippen LogP contribution is -2.47. The van der Waals surface area contributed by atoms with Crippen molar-refractivity contribution in [3.8, 4) is 11.5 Å². The maximum atomic E-state index is 5.94. The third-order valence-electron chi connectivity index (χ3n) is 5.34. The molecule has 1 aliphatic heterocycles. The molecule has 1 N–H and O–H groups in total. The zero-order valence-electron chi connectivity index (χ0n) is 14.2. The Bertz CT molecular complexity index is 631. The molecule has 126 valence electrons. The highest BCUT2D eigenvalue weighted by molar-refractivity contribution is 5.34. The van der Waals surface area contributed by atoms with Gasteiger partial charge in [-0.1, -0.05) is 36.8 Å². The minimum Gasteiger partial charge on any atom is -0.457 e. The Labute approximate surface area is 144 Å². The Kier molecular flexibility index (Phi) is 4.81. The van der Waals surface area contributed by atoms with Gasteiger partial charge < -0.3 is 10.1 Å². The van der Waals surface area contributed by atoms with Crippen molar-refractivity contribution in [1.82, 2.24) is 10.2 Å². The summed E-state index contributed by atoms with van der Waals surface area (Å²) in [5.74, 6) is 2.63. The van der Waals surface area contributed by atoms with Crippen LogP contribution < -0.4 is 10.1 Å². The summed E-state index contributed by atoms with van der Waals surface area (Å²) in [4.78, 5) is 2.67. The number of para-hydroxylation sites is 1. The molecule has 1 saturated heterocycles. The molecule has 0 spiro atoms. The average molecular weight is 322 g/mol. The second-order valence-electron chi connectivity index (χ2n) is 6.91. The molecule has 1 aliphatic carbocycles. The highest BCUT2D eigenvalue weighted by Crippen LogP contribution is 2.41. The van der Waals surface area contributed by atoms with Crippen molar-refractivity contribution in [1.29, 1.82) is 0 Å². The van der Waals surface area contributed by atoms with Gasteiger partial charge in [-0.2, -0.15) is 0 Å². The van der Waals surface area contributed by atoms with E-state index in [0.717, 1.165) is 43.6 Å². The van der Waals surface area contributed by atoms with Crippen LogP contribution in [0.15, 0.2) is 54.6 Å². The van der Waals surface area contributed by atoms with Crippen molar-refractivity contribution in [3.05, 3.63) is 60.2 Å². The van der Waals surface area contributed by atoms with Crippen LogP contribution in [0, 0.1) is 5.92 Å². The molecule has 3 heteroatoms. The van der Waals surface area contributed by atoms with E-state index in [0.29, 0.717) is 6.04 Å². The normalized spacial score (nSPS) is 20.3. The van der Waals surface area contributed by atoms with E-state index in [1.165, 1.54) is 24.8 Å². The summed E-state index contributed by atoms with van der Waals surface area (Å²) < 4.78 is 5.94. The zero-order valence-corrected chi connectivity index (χ0v) is 14.2. The topological polar surface area (TPSA) is 24.5 Å². The molecule has 0 bridgehead atoms. The number of hydrogen-bond donors (Lipinski definition) is 1. The van der Waals surface area contributed by atoms with Crippen LogP contribution in [0.25, 0.3) is 0 Å². The molecule has 4 rings (SSSR count). The standard InChI is InChI=1S/C21H26N2O/c1-2-7-19(8-3-1)24-20-11-9-18(10-12-20)21(17-5-4-6-17)23-15-13-22-14-16-23/h1-3,7-12,17,21-22H,4-6,13-16H2/t21-/m1/s1. The average Bonchev–Trinajstić information content (AvgIpc) is 2.60. The van der Waals surface area contributed by atoms with Gasteiger partial charge in [0.25, 0.3) is 0 Å². The second kappa shape index (κ2) is 7.37. The van der Waals surface area contributed by atoms with E-state index in [1.807, 2.05) is 30.3 Å². The molecule has 0 unspecified atom stereocenters. The monoisotopic (exact) mass is 322 g/mol. The van der Waals surface area contributed by atoms with Crippen molar-refractivity contribution < 1.29 is 4.74 Å². The molecule has 3 nitrogen and oxygen atoms in total. The molecule has 1 saturated carbocycles. The first-order valence-electron chi connectivity index (χ1n) is 9.18. The molecule has 2 aliphatic rings. The van der Waals surface area contributed by atoms with Crippen LogP contribution in [-0.2, 0) is 0 Å². The number of nitrogens with one attached hydrogen (secondary N) is 1. The summed E-state index contributed by atoms with van der Waals surface area (Å²) in [7, 11) is 0. The maximum Gasteiger partial charge on any atom is 0.127 e.